The minimum atomic E-state index is 0.300. The Labute approximate surface area is 148 Å². The third kappa shape index (κ3) is 3.39. The highest BCUT2D eigenvalue weighted by Gasteiger charge is 2.17. The maximum Gasteiger partial charge on any atom is 0.177 e. The molecule has 1 aromatic carbocycles. The van der Waals surface area contributed by atoms with Crippen LogP contribution in [0.15, 0.2) is 24.4 Å². The Balaban J connectivity index is 2.02. The lowest BCUT2D eigenvalue weighted by atomic mass is 10.1. The second-order valence-corrected chi connectivity index (χ2v) is 7.16. The molecule has 0 spiro atoms. The average molecular weight is 341 g/mol. The minimum Gasteiger partial charge on any atom is -0.496 e. The topological polar surface area (TPSA) is 59.0 Å². The molecule has 0 fully saturated rings. The average Bonchev–Trinajstić information content (AvgIpc) is 3.13. The Bertz CT molecular complexity index is 862. The summed E-state index contributed by atoms with van der Waals surface area (Å²) in [4.78, 5) is 10.3. The number of H-pyrrole nitrogens is 1. The van der Waals surface area contributed by atoms with E-state index in [1.54, 1.807) is 7.11 Å². The van der Waals surface area contributed by atoms with E-state index in [1.165, 1.54) is 0 Å². The van der Waals surface area contributed by atoms with Crippen molar-refractivity contribution in [2.75, 3.05) is 21.2 Å². The second kappa shape index (κ2) is 6.88. The van der Waals surface area contributed by atoms with Crippen molar-refractivity contribution >= 4 is 11.2 Å². The Hall–Kier alpha value is -2.34. The molecule has 1 unspecified atom stereocenters. The molecule has 134 valence electrons. The maximum absolute atomic E-state index is 5.49. The number of fused-ring (bicyclic) bond motifs is 1. The molecule has 2 heterocycles. The van der Waals surface area contributed by atoms with Gasteiger partial charge in [0.1, 0.15) is 17.1 Å². The molecular formula is C19H27N5O. The monoisotopic (exact) mass is 341 g/mol. The van der Waals surface area contributed by atoms with Crippen LogP contribution in [0.4, 0.5) is 0 Å². The number of methoxy groups -OCH3 is 1. The molecule has 3 aromatic rings. The number of aromatic amines is 1. The van der Waals surface area contributed by atoms with Crippen molar-refractivity contribution in [3.63, 3.8) is 0 Å². The van der Waals surface area contributed by atoms with Gasteiger partial charge in [-0.05, 0) is 45.1 Å². The first-order chi connectivity index (χ1) is 11.9. The minimum absolute atomic E-state index is 0.300. The van der Waals surface area contributed by atoms with Crippen LogP contribution in [-0.4, -0.2) is 45.9 Å². The van der Waals surface area contributed by atoms with Gasteiger partial charge < -0.3 is 14.6 Å². The molecule has 0 saturated carbocycles. The molecule has 1 N–H and O–H groups in total. The molecule has 0 saturated heterocycles. The standard InChI is InChI=1S/C19H27N5O/c1-12(2)13(3)24-19-16(10-20-24)21-18(22-19)14-7-8-17(25-6)15(9-14)11-23(4)5/h7-10,12-13H,11H2,1-6H3,(H,21,22). The van der Waals surface area contributed by atoms with Gasteiger partial charge >= 0.3 is 0 Å². The first-order valence-corrected chi connectivity index (χ1v) is 8.66. The van der Waals surface area contributed by atoms with Gasteiger partial charge in [-0.25, -0.2) is 9.67 Å². The van der Waals surface area contributed by atoms with Crippen molar-refractivity contribution < 1.29 is 4.74 Å². The first-order valence-electron chi connectivity index (χ1n) is 8.66. The van der Waals surface area contributed by atoms with Crippen molar-refractivity contribution in [1.82, 2.24) is 24.6 Å². The van der Waals surface area contributed by atoms with Crippen LogP contribution in [-0.2, 0) is 6.54 Å². The third-order valence-corrected chi connectivity index (χ3v) is 4.63. The molecule has 25 heavy (non-hydrogen) atoms. The number of imidazole rings is 1. The molecule has 0 aliphatic carbocycles. The Morgan fingerprint density at radius 1 is 1.24 bits per heavy atom. The maximum atomic E-state index is 5.49. The van der Waals surface area contributed by atoms with E-state index in [-0.39, 0.29) is 0 Å². The fourth-order valence-electron chi connectivity index (χ4n) is 2.92. The van der Waals surface area contributed by atoms with Crippen molar-refractivity contribution in [2.45, 2.75) is 33.4 Å². The van der Waals surface area contributed by atoms with Crippen molar-refractivity contribution in [2.24, 2.45) is 5.92 Å². The number of rotatable bonds is 6. The summed E-state index contributed by atoms with van der Waals surface area (Å²) in [7, 11) is 5.81. The van der Waals surface area contributed by atoms with E-state index in [4.69, 9.17) is 9.72 Å². The Kier molecular flexibility index (Phi) is 4.81. The number of nitrogens with one attached hydrogen (secondary N) is 1. The van der Waals surface area contributed by atoms with E-state index in [0.29, 0.717) is 12.0 Å². The first kappa shape index (κ1) is 17.5. The van der Waals surface area contributed by atoms with Crippen LogP contribution in [0.1, 0.15) is 32.4 Å². The molecule has 1 atom stereocenters. The predicted octanol–water partition coefficient (Wildman–Crippen LogP) is 3.71. The zero-order valence-corrected chi connectivity index (χ0v) is 15.9. The lowest BCUT2D eigenvalue weighted by molar-refractivity contribution is 0.372. The SMILES string of the molecule is COc1ccc(-c2nc3c(cnn3C(C)C(C)C)[nH]2)cc1CN(C)C. The summed E-state index contributed by atoms with van der Waals surface area (Å²) in [5, 5.41) is 4.49. The second-order valence-electron chi connectivity index (χ2n) is 7.16. The Morgan fingerprint density at radius 3 is 2.64 bits per heavy atom. The van der Waals surface area contributed by atoms with Gasteiger partial charge in [0, 0.05) is 17.7 Å². The smallest absolute Gasteiger partial charge is 0.177 e. The molecule has 0 amide bonds. The van der Waals surface area contributed by atoms with Gasteiger partial charge in [-0.1, -0.05) is 13.8 Å². The lowest BCUT2D eigenvalue weighted by Gasteiger charge is -2.16. The van der Waals surface area contributed by atoms with E-state index < -0.39 is 0 Å². The van der Waals surface area contributed by atoms with E-state index in [9.17, 15) is 0 Å². The van der Waals surface area contributed by atoms with Crippen molar-refractivity contribution in [3.8, 4) is 17.1 Å². The van der Waals surface area contributed by atoms with Gasteiger partial charge in [0.25, 0.3) is 0 Å². The van der Waals surface area contributed by atoms with Gasteiger partial charge in [0.2, 0.25) is 0 Å². The van der Waals surface area contributed by atoms with Crippen LogP contribution < -0.4 is 4.74 Å². The number of aromatic nitrogens is 4. The summed E-state index contributed by atoms with van der Waals surface area (Å²) in [5.41, 5.74) is 4.06. The van der Waals surface area contributed by atoms with Crippen molar-refractivity contribution in [1.29, 1.82) is 0 Å². The lowest BCUT2D eigenvalue weighted by Crippen LogP contribution is -2.13. The van der Waals surface area contributed by atoms with Gasteiger partial charge in [0.15, 0.2) is 5.65 Å². The molecule has 2 aromatic heterocycles. The largest absolute Gasteiger partial charge is 0.496 e. The highest BCUT2D eigenvalue weighted by molar-refractivity contribution is 5.76. The van der Waals surface area contributed by atoms with Crippen LogP contribution in [0.5, 0.6) is 5.75 Å². The normalized spacial score (nSPS) is 13.1. The van der Waals surface area contributed by atoms with Crippen LogP contribution in [0.25, 0.3) is 22.6 Å². The van der Waals surface area contributed by atoms with Gasteiger partial charge in [0.05, 0.1) is 19.3 Å². The quantitative estimate of drug-likeness (QED) is 0.742. The zero-order chi connectivity index (χ0) is 18.1. The number of ether oxygens (including phenoxy) is 1. The van der Waals surface area contributed by atoms with Gasteiger partial charge in [-0.3, -0.25) is 0 Å². The molecule has 0 radical (unpaired) electrons. The number of nitrogens with zero attached hydrogens (tertiary/aromatic N) is 4. The summed E-state index contributed by atoms with van der Waals surface area (Å²) < 4.78 is 7.49. The highest BCUT2D eigenvalue weighted by Crippen LogP contribution is 2.28. The Morgan fingerprint density at radius 2 is 2.00 bits per heavy atom. The molecule has 0 aliphatic heterocycles. The number of hydrogen-bond acceptors (Lipinski definition) is 4. The molecule has 6 heteroatoms. The summed E-state index contributed by atoms with van der Waals surface area (Å²) in [6, 6.07) is 6.48. The van der Waals surface area contributed by atoms with E-state index >= 15 is 0 Å². The number of hydrogen-bond donors (Lipinski definition) is 1. The molecule has 0 aliphatic rings. The number of benzene rings is 1. The van der Waals surface area contributed by atoms with Crippen molar-refractivity contribution in [3.05, 3.63) is 30.0 Å². The van der Waals surface area contributed by atoms with E-state index in [0.717, 1.165) is 40.4 Å². The summed E-state index contributed by atoms with van der Waals surface area (Å²) in [6.45, 7) is 7.38. The summed E-state index contributed by atoms with van der Waals surface area (Å²) in [6.07, 6.45) is 1.86. The molecule has 3 rings (SSSR count). The van der Waals surface area contributed by atoms with Crippen LogP contribution >= 0.6 is 0 Å². The van der Waals surface area contributed by atoms with Crippen LogP contribution in [0.3, 0.4) is 0 Å². The third-order valence-electron chi connectivity index (χ3n) is 4.63. The van der Waals surface area contributed by atoms with Crippen LogP contribution in [0, 0.1) is 5.92 Å². The fraction of sp³-hybridized carbons (Fsp3) is 0.474. The summed E-state index contributed by atoms with van der Waals surface area (Å²) >= 11 is 0. The molecule has 6 nitrogen and oxygen atoms in total. The summed E-state index contributed by atoms with van der Waals surface area (Å²) in [5.74, 6) is 2.25. The van der Waals surface area contributed by atoms with Gasteiger partial charge in [-0.15, -0.1) is 0 Å². The predicted molar refractivity (Wildman–Crippen MR) is 101 cm³/mol. The fourth-order valence-corrected chi connectivity index (χ4v) is 2.92. The van der Waals surface area contributed by atoms with Gasteiger partial charge in [-0.2, -0.15) is 5.10 Å². The van der Waals surface area contributed by atoms with E-state index in [1.807, 2.05) is 23.0 Å². The highest BCUT2D eigenvalue weighted by atomic mass is 16.5. The van der Waals surface area contributed by atoms with Crippen LogP contribution in [0.2, 0.25) is 0 Å². The molecular weight excluding hydrogens is 314 g/mol. The zero-order valence-electron chi connectivity index (χ0n) is 15.9. The molecule has 0 bridgehead atoms. The van der Waals surface area contributed by atoms with E-state index in [2.05, 4.69) is 55.9 Å².